The van der Waals surface area contributed by atoms with Crippen LogP contribution in [0.15, 0.2) is 9.59 Å². The number of aromatic amines is 1. The van der Waals surface area contributed by atoms with E-state index in [1.54, 1.807) is 18.5 Å². The lowest BCUT2D eigenvalue weighted by atomic mass is 10.4. The van der Waals surface area contributed by atoms with Crippen LogP contribution in [0.3, 0.4) is 0 Å². The Labute approximate surface area is 133 Å². The molecule has 0 spiro atoms. The summed E-state index contributed by atoms with van der Waals surface area (Å²) >= 11 is 0. The molecule has 2 aromatic rings. The van der Waals surface area contributed by atoms with Crippen molar-refractivity contribution >= 4 is 17.1 Å². The lowest BCUT2D eigenvalue weighted by Crippen LogP contribution is -2.31. The van der Waals surface area contributed by atoms with Crippen LogP contribution in [-0.2, 0) is 13.6 Å². The molecule has 0 bridgehead atoms. The highest BCUT2D eigenvalue weighted by molar-refractivity contribution is 5.74. The Hall–Kier alpha value is -2.53. The molecule has 1 fully saturated rings. The van der Waals surface area contributed by atoms with Gasteiger partial charge in [-0.15, -0.1) is 5.92 Å². The van der Waals surface area contributed by atoms with Crippen LogP contribution in [0, 0.1) is 11.8 Å². The van der Waals surface area contributed by atoms with E-state index in [1.807, 2.05) is 0 Å². The second-order valence-corrected chi connectivity index (χ2v) is 5.51. The van der Waals surface area contributed by atoms with Crippen molar-refractivity contribution in [3.05, 3.63) is 20.8 Å². The number of hydrogen-bond donors (Lipinski definition) is 2. The minimum Gasteiger partial charge on any atom is -0.341 e. The molecule has 1 aliphatic heterocycles. The van der Waals surface area contributed by atoms with Gasteiger partial charge in [0.25, 0.3) is 5.56 Å². The van der Waals surface area contributed by atoms with Crippen LogP contribution in [0.4, 0.5) is 5.95 Å². The zero-order valence-electron chi connectivity index (χ0n) is 13.3. The zero-order chi connectivity index (χ0) is 16.4. The number of hydrogen-bond acceptors (Lipinski definition) is 5. The number of imidazole rings is 1. The molecule has 2 aromatic heterocycles. The monoisotopic (exact) mass is 316 g/mol. The van der Waals surface area contributed by atoms with Crippen LogP contribution in [-0.4, -0.2) is 45.3 Å². The zero-order valence-corrected chi connectivity index (χ0v) is 13.3. The summed E-state index contributed by atoms with van der Waals surface area (Å²) in [6, 6.07) is 0. The average molecular weight is 316 g/mol. The molecular formula is C15H20N6O2. The Bertz CT molecular complexity index is 887. The van der Waals surface area contributed by atoms with E-state index in [-0.39, 0.29) is 0 Å². The normalized spacial score (nSPS) is 15.3. The van der Waals surface area contributed by atoms with E-state index >= 15 is 0 Å². The number of aromatic nitrogens is 4. The van der Waals surface area contributed by atoms with Crippen molar-refractivity contribution in [1.82, 2.24) is 24.4 Å². The molecule has 0 radical (unpaired) electrons. The summed E-state index contributed by atoms with van der Waals surface area (Å²) in [4.78, 5) is 33.2. The summed E-state index contributed by atoms with van der Waals surface area (Å²) in [5.74, 6) is 6.53. The average Bonchev–Trinajstić information content (AvgIpc) is 2.71. The molecule has 0 amide bonds. The lowest BCUT2D eigenvalue weighted by Gasteiger charge is -2.21. The number of H-pyrrole nitrogens is 1. The van der Waals surface area contributed by atoms with E-state index in [9.17, 15) is 9.59 Å². The Morgan fingerprint density at radius 1 is 1.26 bits per heavy atom. The first-order valence-electron chi connectivity index (χ1n) is 7.68. The van der Waals surface area contributed by atoms with Gasteiger partial charge < -0.3 is 10.2 Å². The number of anilines is 1. The summed E-state index contributed by atoms with van der Waals surface area (Å²) in [5.41, 5.74) is -0.101. The van der Waals surface area contributed by atoms with Crippen LogP contribution in [0.2, 0.25) is 0 Å². The Morgan fingerprint density at radius 2 is 2.09 bits per heavy atom. The standard InChI is InChI=1S/C15H20N6O2/c1-3-4-9-21-11-12(19(2)15(23)18-13(11)22)17-14(21)20-8-5-6-16-7-10-20/h16H,5-10H2,1-2H3,(H,18,22,23). The van der Waals surface area contributed by atoms with Gasteiger partial charge in [0.1, 0.15) is 0 Å². The quantitative estimate of drug-likeness (QED) is 0.712. The molecule has 0 aliphatic carbocycles. The Balaban J connectivity index is 2.24. The van der Waals surface area contributed by atoms with E-state index < -0.39 is 11.2 Å². The van der Waals surface area contributed by atoms with Crippen molar-refractivity contribution in [1.29, 1.82) is 0 Å². The van der Waals surface area contributed by atoms with E-state index in [4.69, 9.17) is 0 Å². The molecule has 0 unspecified atom stereocenters. The minimum absolute atomic E-state index is 0.369. The van der Waals surface area contributed by atoms with Gasteiger partial charge in [0.05, 0.1) is 6.54 Å². The third-order valence-electron chi connectivity index (χ3n) is 4.02. The predicted octanol–water partition coefficient (Wildman–Crippen LogP) is -0.754. The second-order valence-electron chi connectivity index (χ2n) is 5.51. The molecule has 3 heterocycles. The minimum atomic E-state index is -0.460. The fraction of sp³-hybridized carbons (Fsp3) is 0.533. The molecule has 1 saturated heterocycles. The van der Waals surface area contributed by atoms with E-state index in [0.717, 1.165) is 32.6 Å². The first kappa shape index (κ1) is 15.4. The molecular weight excluding hydrogens is 296 g/mol. The maximum absolute atomic E-state index is 12.3. The van der Waals surface area contributed by atoms with Gasteiger partial charge in [-0.05, 0) is 19.9 Å². The number of aryl methyl sites for hydroxylation is 1. The number of fused-ring (bicyclic) bond motifs is 1. The third kappa shape index (κ3) is 2.75. The molecule has 2 N–H and O–H groups in total. The summed E-state index contributed by atoms with van der Waals surface area (Å²) in [5, 5.41) is 3.35. The van der Waals surface area contributed by atoms with E-state index in [0.29, 0.717) is 23.7 Å². The van der Waals surface area contributed by atoms with Gasteiger partial charge in [0.15, 0.2) is 11.2 Å². The van der Waals surface area contributed by atoms with Crippen LogP contribution in [0.25, 0.3) is 11.2 Å². The van der Waals surface area contributed by atoms with Gasteiger partial charge in [0.2, 0.25) is 5.95 Å². The maximum atomic E-state index is 12.3. The fourth-order valence-corrected chi connectivity index (χ4v) is 2.82. The number of nitrogens with zero attached hydrogens (tertiary/aromatic N) is 4. The van der Waals surface area contributed by atoms with Crippen molar-refractivity contribution in [3.63, 3.8) is 0 Å². The molecule has 122 valence electrons. The van der Waals surface area contributed by atoms with Gasteiger partial charge in [-0.2, -0.15) is 4.98 Å². The van der Waals surface area contributed by atoms with Gasteiger partial charge in [-0.25, -0.2) is 4.79 Å². The van der Waals surface area contributed by atoms with Crippen LogP contribution in [0.1, 0.15) is 13.3 Å². The maximum Gasteiger partial charge on any atom is 0.329 e. The second kappa shape index (κ2) is 6.30. The summed E-state index contributed by atoms with van der Waals surface area (Å²) in [6.07, 6.45) is 0.998. The van der Waals surface area contributed by atoms with Crippen LogP contribution < -0.4 is 21.5 Å². The van der Waals surface area contributed by atoms with Gasteiger partial charge in [0, 0.05) is 26.7 Å². The van der Waals surface area contributed by atoms with Gasteiger partial charge >= 0.3 is 5.69 Å². The smallest absolute Gasteiger partial charge is 0.329 e. The van der Waals surface area contributed by atoms with Crippen molar-refractivity contribution in [2.75, 3.05) is 31.1 Å². The molecule has 23 heavy (non-hydrogen) atoms. The summed E-state index contributed by atoms with van der Waals surface area (Å²) in [6.45, 7) is 5.60. The SMILES string of the molecule is CC#CCn1c(N2CCCNCC2)nc2c1c(=O)[nH]c(=O)n2C. The third-order valence-corrected chi connectivity index (χ3v) is 4.02. The molecule has 8 nitrogen and oxygen atoms in total. The van der Waals surface area contributed by atoms with Gasteiger partial charge in [-0.1, -0.05) is 5.92 Å². The molecule has 3 rings (SSSR count). The topological polar surface area (TPSA) is 88.0 Å². The Morgan fingerprint density at radius 3 is 2.87 bits per heavy atom. The lowest BCUT2D eigenvalue weighted by molar-refractivity contribution is 0.723. The van der Waals surface area contributed by atoms with Crippen molar-refractivity contribution in [2.24, 2.45) is 7.05 Å². The largest absolute Gasteiger partial charge is 0.341 e. The molecule has 0 atom stereocenters. The van der Waals surface area contributed by atoms with Crippen molar-refractivity contribution in [2.45, 2.75) is 19.9 Å². The first-order chi connectivity index (χ1) is 11.1. The fourth-order valence-electron chi connectivity index (χ4n) is 2.82. The molecule has 0 saturated carbocycles. The summed E-state index contributed by atoms with van der Waals surface area (Å²) < 4.78 is 3.17. The highest BCUT2D eigenvalue weighted by Crippen LogP contribution is 2.19. The highest BCUT2D eigenvalue weighted by Gasteiger charge is 2.21. The predicted molar refractivity (Wildman–Crippen MR) is 88.7 cm³/mol. The molecule has 8 heteroatoms. The van der Waals surface area contributed by atoms with E-state index in [2.05, 4.69) is 32.0 Å². The number of nitrogens with one attached hydrogen (secondary N) is 2. The molecule has 1 aliphatic rings. The molecule has 0 aromatic carbocycles. The van der Waals surface area contributed by atoms with Crippen molar-refractivity contribution in [3.8, 4) is 11.8 Å². The van der Waals surface area contributed by atoms with Crippen LogP contribution >= 0.6 is 0 Å². The van der Waals surface area contributed by atoms with Crippen LogP contribution in [0.5, 0.6) is 0 Å². The van der Waals surface area contributed by atoms with Gasteiger partial charge in [-0.3, -0.25) is 18.9 Å². The first-order valence-corrected chi connectivity index (χ1v) is 7.68. The van der Waals surface area contributed by atoms with E-state index in [1.165, 1.54) is 4.57 Å². The number of rotatable bonds is 2. The highest BCUT2D eigenvalue weighted by atomic mass is 16.2. The van der Waals surface area contributed by atoms with Crippen molar-refractivity contribution < 1.29 is 0 Å². The Kier molecular flexibility index (Phi) is 4.21. The summed E-state index contributed by atoms with van der Waals surface area (Å²) in [7, 11) is 1.61.